The quantitative estimate of drug-likeness (QED) is 0.391. The predicted octanol–water partition coefficient (Wildman–Crippen LogP) is 6.76. The maximum atomic E-state index is 6.58. The van der Waals surface area contributed by atoms with Crippen molar-refractivity contribution in [2.45, 2.75) is 12.5 Å². The van der Waals surface area contributed by atoms with Crippen LogP contribution in [0.4, 0.5) is 5.69 Å². The largest absolute Gasteiger partial charge is 0.496 e. The fraction of sp³-hybridized carbons (Fsp3) is 0.280. The number of ether oxygens (including phenoxy) is 1. The average molecular weight is 476 g/mol. The Morgan fingerprint density at radius 1 is 0.903 bits per heavy atom. The third kappa shape index (κ3) is 5.30. The Morgan fingerprint density at radius 2 is 1.65 bits per heavy atom. The lowest BCUT2D eigenvalue weighted by atomic mass is 10.0. The second-order valence-electron chi connectivity index (χ2n) is 7.72. The van der Waals surface area contributed by atoms with Crippen LogP contribution in [0.15, 0.2) is 66.7 Å². The molecule has 0 amide bonds. The van der Waals surface area contributed by atoms with Gasteiger partial charge in [-0.2, -0.15) is 0 Å². The van der Waals surface area contributed by atoms with Crippen molar-refractivity contribution in [2.24, 2.45) is 0 Å². The van der Waals surface area contributed by atoms with Gasteiger partial charge >= 0.3 is 0 Å². The number of methoxy groups -OCH3 is 1. The molecule has 3 nitrogen and oxygen atoms in total. The molecule has 3 aromatic rings. The fourth-order valence-corrected chi connectivity index (χ4v) is 4.85. The van der Waals surface area contributed by atoms with Gasteiger partial charge in [0.25, 0.3) is 0 Å². The van der Waals surface area contributed by atoms with E-state index in [0.717, 1.165) is 49.1 Å². The minimum atomic E-state index is 0.169. The van der Waals surface area contributed by atoms with Crippen molar-refractivity contribution >= 4 is 40.5 Å². The molecule has 1 atom stereocenters. The molecule has 162 valence electrons. The SMILES string of the molecule is COc1ccccc1CCN1CCN(c2ccc(Cl)cc2Cl)C(c2ccc(Cl)cc2)C1. The number of hydrogen-bond donors (Lipinski definition) is 0. The molecular weight excluding hydrogens is 451 g/mol. The lowest BCUT2D eigenvalue weighted by molar-refractivity contribution is 0.225. The summed E-state index contributed by atoms with van der Waals surface area (Å²) < 4.78 is 5.52. The Morgan fingerprint density at radius 3 is 2.39 bits per heavy atom. The van der Waals surface area contributed by atoms with Crippen LogP contribution in [0, 0.1) is 0 Å². The second-order valence-corrected chi connectivity index (χ2v) is 9.00. The lowest BCUT2D eigenvalue weighted by Crippen LogP contribution is -2.49. The summed E-state index contributed by atoms with van der Waals surface area (Å²) >= 11 is 18.9. The molecule has 6 heteroatoms. The number of para-hydroxylation sites is 1. The normalized spacial score (nSPS) is 17.0. The van der Waals surface area contributed by atoms with Crippen LogP contribution >= 0.6 is 34.8 Å². The zero-order valence-corrected chi connectivity index (χ0v) is 19.7. The number of rotatable bonds is 6. The van der Waals surface area contributed by atoms with Crippen LogP contribution in [0.5, 0.6) is 5.75 Å². The zero-order chi connectivity index (χ0) is 21.8. The number of hydrogen-bond acceptors (Lipinski definition) is 3. The van der Waals surface area contributed by atoms with Crippen LogP contribution in [0.3, 0.4) is 0 Å². The first-order valence-corrected chi connectivity index (χ1v) is 11.5. The van der Waals surface area contributed by atoms with Gasteiger partial charge in [-0.15, -0.1) is 0 Å². The third-order valence-electron chi connectivity index (χ3n) is 5.83. The maximum absolute atomic E-state index is 6.58. The van der Waals surface area contributed by atoms with Crippen LogP contribution in [0.25, 0.3) is 0 Å². The monoisotopic (exact) mass is 474 g/mol. The number of benzene rings is 3. The molecule has 1 aliphatic heterocycles. The molecule has 31 heavy (non-hydrogen) atoms. The first-order valence-electron chi connectivity index (χ1n) is 10.4. The summed E-state index contributed by atoms with van der Waals surface area (Å²) in [5, 5.41) is 2.06. The summed E-state index contributed by atoms with van der Waals surface area (Å²) in [5.41, 5.74) is 3.46. The van der Waals surface area contributed by atoms with Crippen LogP contribution in [-0.2, 0) is 6.42 Å². The summed E-state index contributed by atoms with van der Waals surface area (Å²) in [6.45, 7) is 3.70. The van der Waals surface area contributed by atoms with Gasteiger partial charge in [0.05, 0.1) is 23.9 Å². The van der Waals surface area contributed by atoms with Gasteiger partial charge in [-0.1, -0.05) is 65.1 Å². The summed E-state index contributed by atoms with van der Waals surface area (Å²) in [4.78, 5) is 4.88. The maximum Gasteiger partial charge on any atom is 0.122 e. The standard InChI is InChI=1S/C25H25Cl3N2O/c1-31-25-5-3-2-4-19(25)12-13-29-14-15-30(23-11-10-21(27)16-22(23)28)24(17-29)18-6-8-20(26)9-7-18/h2-11,16,24H,12-15,17H2,1H3. The molecule has 1 saturated heterocycles. The lowest BCUT2D eigenvalue weighted by Gasteiger charge is -2.43. The van der Waals surface area contributed by atoms with Crippen molar-refractivity contribution in [2.75, 3.05) is 38.2 Å². The highest BCUT2D eigenvalue weighted by atomic mass is 35.5. The van der Waals surface area contributed by atoms with Gasteiger partial charge in [0.1, 0.15) is 5.75 Å². The Labute approximate surface area is 199 Å². The van der Waals surface area contributed by atoms with Crippen molar-refractivity contribution in [1.29, 1.82) is 0 Å². The molecule has 0 spiro atoms. The Kier molecular flexibility index (Phi) is 7.29. The molecule has 1 unspecified atom stereocenters. The van der Waals surface area contributed by atoms with Crippen LogP contribution in [0.2, 0.25) is 15.1 Å². The van der Waals surface area contributed by atoms with E-state index in [1.807, 2.05) is 42.5 Å². The van der Waals surface area contributed by atoms with E-state index >= 15 is 0 Å². The van der Waals surface area contributed by atoms with Crippen molar-refractivity contribution in [3.8, 4) is 5.75 Å². The number of anilines is 1. The first-order chi connectivity index (χ1) is 15.0. The highest BCUT2D eigenvalue weighted by Crippen LogP contribution is 2.37. The number of nitrogens with zero attached hydrogens (tertiary/aromatic N) is 2. The summed E-state index contributed by atoms with van der Waals surface area (Å²) in [6, 6.07) is 22.2. The van der Waals surface area contributed by atoms with Gasteiger partial charge in [0.2, 0.25) is 0 Å². The van der Waals surface area contributed by atoms with Gasteiger partial charge in [-0.25, -0.2) is 0 Å². The van der Waals surface area contributed by atoms with Gasteiger partial charge in [0.15, 0.2) is 0 Å². The minimum Gasteiger partial charge on any atom is -0.496 e. The van der Waals surface area contributed by atoms with Crippen LogP contribution in [0.1, 0.15) is 17.2 Å². The molecule has 0 aliphatic carbocycles. The zero-order valence-electron chi connectivity index (χ0n) is 17.4. The molecule has 0 bridgehead atoms. The van der Waals surface area contributed by atoms with Crippen LogP contribution in [-0.4, -0.2) is 38.2 Å². The van der Waals surface area contributed by atoms with E-state index in [2.05, 4.69) is 34.1 Å². The predicted molar refractivity (Wildman–Crippen MR) is 131 cm³/mol. The van der Waals surface area contributed by atoms with E-state index < -0.39 is 0 Å². The van der Waals surface area contributed by atoms with Crippen molar-refractivity contribution in [1.82, 2.24) is 4.90 Å². The van der Waals surface area contributed by atoms with E-state index in [4.69, 9.17) is 39.5 Å². The Hall–Kier alpha value is -1.91. The van der Waals surface area contributed by atoms with Crippen molar-refractivity contribution in [3.05, 3.63) is 92.9 Å². The summed E-state index contributed by atoms with van der Waals surface area (Å²) in [7, 11) is 1.73. The van der Waals surface area contributed by atoms with E-state index in [-0.39, 0.29) is 6.04 Å². The highest BCUT2D eigenvalue weighted by molar-refractivity contribution is 6.36. The number of piperazine rings is 1. The van der Waals surface area contributed by atoms with Gasteiger partial charge in [-0.05, 0) is 53.9 Å². The topological polar surface area (TPSA) is 15.7 Å². The summed E-state index contributed by atoms with van der Waals surface area (Å²) in [6.07, 6.45) is 0.944. The molecular formula is C25H25Cl3N2O. The second kappa shape index (κ2) is 10.1. The third-order valence-corrected chi connectivity index (χ3v) is 6.62. The smallest absolute Gasteiger partial charge is 0.122 e. The molecule has 4 rings (SSSR count). The van der Waals surface area contributed by atoms with Gasteiger partial charge < -0.3 is 9.64 Å². The Bertz CT molecular complexity index is 1030. The van der Waals surface area contributed by atoms with E-state index in [1.54, 1.807) is 7.11 Å². The van der Waals surface area contributed by atoms with Crippen molar-refractivity contribution in [3.63, 3.8) is 0 Å². The Balaban J connectivity index is 1.56. The van der Waals surface area contributed by atoms with E-state index in [9.17, 15) is 0 Å². The van der Waals surface area contributed by atoms with Gasteiger partial charge in [-0.3, -0.25) is 4.90 Å². The minimum absolute atomic E-state index is 0.169. The van der Waals surface area contributed by atoms with E-state index in [0.29, 0.717) is 10.0 Å². The summed E-state index contributed by atoms with van der Waals surface area (Å²) in [5.74, 6) is 0.948. The first kappa shape index (κ1) is 22.3. The molecule has 1 aliphatic rings. The molecule has 1 fully saturated rings. The van der Waals surface area contributed by atoms with E-state index in [1.165, 1.54) is 11.1 Å². The van der Waals surface area contributed by atoms with Crippen LogP contribution < -0.4 is 9.64 Å². The highest BCUT2D eigenvalue weighted by Gasteiger charge is 2.29. The number of halogens is 3. The molecule has 3 aromatic carbocycles. The molecule has 1 heterocycles. The molecule has 0 radical (unpaired) electrons. The fourth-order valence-electron chi connectivity index (χ4n) is 4.20. The molecule has 0 N–H and O–H groups in total. The van der Waals surface area contributed by atoms with Gasteiger partial charge in [0, 0.05) is 36.2 Å². The molecule has 0 saturated carbocycles. The average Bonchev–Trinajstić information content (AvgIpc) is 2.78. The van der Waals surface area contributed by atoms with Crippen molar-refractivity contribution < 1.29 is 4.74 Å². The molecule has 0 aromatic heterocycles.